The molecule has 0 saturated carbocycles. The number of nitrogens with one attached hydrogen (secondary N) is 1. The summed E-state index contributed by atoms with van der Waals surface area (Å²) < 4.78 is 10.9. The molecule has 1 aromatic rings. The molecule has 0 aliphatic carbocycles. The quantitative estimate of drug-likeness (QED) is 0.646. The minimum atomic E-state index is -0.735. The van der Waals surface area contributed by atoms with E-state index in [0.717, 1.165) is 0 Å². The highest BCUT2D eigenvalue weighted by atomic mass is 16.5. The number of rotatable bonds is 9. The molecule has 0 saturated heterocycles. The fourth-order valence-corrected chi connectivity index (χ4v) is 1.96. The molecule has 0 bridgehead atoms. The first-order valence-corrected chi connectivity index (χ1v) is 8.34. The van der Waals surface area contributed by atoms with Gasteiger partial charge in [0.25, 0.3) is 5.91 Å². The van der Waals surface area contributed by atoms with E-state index in [-0.39, 0.29) is 29.7 Å². The number of nitrogens with two attached hydrogens (primary N) is 1. The number of pyridine rings is 1. The van der Waals surface area contributed by atoms with Gasteiger partial charge in [0.15, 0.2) is 11.4 Å². The third kappa shape index (κ3) is 6.15. The first-order chi connectivity index (χ1) is 12.0. The van der Waals surface area contributed by atoms with Crippen LogP contribution in [0.4, 0.5) is 0 Å². The van der Waals surface area contributed by atoms with Gasteiger partial charge in [0.05, 0.1) is 18.7 Å². The van der Waals surface area contributed by atoms with Crippen LogP contribution in [0.5, 0.6) is 5.75 Å². The van der Waals surface area contributed by atoms with Crippen LogP contribution >= 0.6 is 0 Å². The molecule has 8 heteroatoms. The number of amides is 2. The van der Waals surface area contributed by atoms with Gasteiger partial charge in [-0.25, -0.2) is 9.78 Å². The van der Waals surface area contributed by atoms with Gasteiger partial charge >= 0.3 is 5.97 Å². The van der Waals surface area contributed by atoms with Crippen molar-refractivity contribution in [1.29, 1.82) is 0 Å². The van der Waals surface area contributed by atoms with E-state index in [1.54, 1.807) is 0 Å². The van der Waals surface area contributed by atoms with Crippen LogP contribution in [0.25, 0.3) is 0 Å². The van der Waals surface area contributed by atoms with Crippen molar-refractivity contribution < 1.29 is 23.9 Å². The maximum Gasteiger partial charge on any atom is 0.340 e. The van der Waals surface area contributed by atoms with Gasteiger partial charge in [0.2, 0.25) is 5.91 Å². The van der Waals surface area contributed by atoms with Crippen molar-refractivity contribution in [1.82, 2.24) is 10.3 Å². The zero-order chi connectivity index (χ0) is 18.8. The van der Waals surface area contributed by atoms with Crippen LogP contribution in [0.2, 0.25) is 0 Å². The van der Waals surface area contributed by atoms with Crippen molar-refractivity contribution in [2.24, 2.45) is 5.73 Å². The van der Waals surface area contributed by atoms with Crippen molar-refractivity contribution >= 4 is 17.8 Å². The lowest BCUT2D eigenvalue weighted by Gasteiger charge is -2.15. The van der Waals surface area contributed by atoms with Gasteiger partial charge in [-0.3, -0.25) is 14.9 Å². The molecular weight excluding hydrogens is 326 g/mol. The van der Waals surface area contributed by atoms with Crippen LogP contribution in [-0.4, -0.2) is 42.0 Å². The van der Waals surface area contributed by atoms with Crippen molar-refractivity contribution in [3.8, 4) is 5.75 Å². The van der Waals surface area contributed by atoms with Gasteiger partial charge in [-0.05, 0) is 25.3 Å². The van der Waals surface area contributed by atoms with E-state index in [1.807, 2.05) is 20.8 Å². The Bertz CT molecular complexity index is 614. The SMILES string of the molecule is CCCOc1cc(C(=O)OC(CC)CC)cnc1C(=O)NC(=O)CN. The number of nitrogens with zero attached hydrogens (tertiary/aromatic N) is 1. The third-order valence-corrected chi connectivity index (χ3v) is 3.39. The second-order valence-electron chi connectivity index (χ2n) is 5.34. The first kappa shape index (κ1) is 20.6. The zero-order valence-electron chi connectivity index (χ0n) is 14.8. The number of aromatic nitrogens is 1. The van der Waals surface area contributed by atoms with E-state index in [9.17, 15) is 14.4 Å². The minimum Gasteiger partial charge on any atom is -0.491 e. The Kier molecular flexibility index (Phi) is 8.55. The Balaban J connectivity index is 3.06. The Hall–Kier alpha value is -2.48. The Morgan fingerprint density at radius 3 is 2.48 bits per heavy atom. The smallest absolute Gasteiger partial charge is 0.340 e. The summed E-state index contributed by atoms with van der Waals surface area (Å²) in [5.41, 5.74) is 5.27. The molecule has 1 aromatic heterocycles. The summed E-state index contributed by atoms with van der Waals surface area (Å²) in [6.07, 6.45) is 3.15. The van der Waals surface area contributed by atoms with E-state index >= 15 is 0 Å². The predicted molar refractivity (Wildman–Crippen MR) is 91.3 cm³/mol. The summed E-state index contributed by atoms with van der Waals surface area (Å²) >= 11 is 0. The molecule has 2 amide bonds. The molecule has 0 aliphatic rings. The van der Waals surface area contributed by atoms with Gasteiger partial charge < -0.3 is 15.2 Å². The van der Waals surface area contributed by atoms with Crippen LogP contribution in [0, 0.1) is 0 Å². The second kappa shape index (κ2) is 10.4. The first-order valence-electron chi connectivity index (χ1n) is 8.34. The standard InChI is InChI=1S/C17H25N3O5/c1-4-7-24-13-8-11(17(23)25-12(5-2)6-3)10-19-15(13)16(22)20-14(21)9-18/h8,10,12H,4-7,9,18H2,1-3H3,(H,20,21,22). The van der Waals surface area contributed by atoms with Crippen LogP contribution in [0.1, 0.15) is 60.9 Å². The highest BCUT2D eigenvalue weighted by Gasteiger charge is 2.21. The lowest BCUT2D eigenvalue weighted by atomic mass is 10.2. The van der Waals surface area contributed by atoms with E-state index in [2.05, 4.69) is 10.3 Å². The lowest BCUT2D eigenvalue weighted by molar-refractivity contribution is -0.118. The molecule has 1 heterocycles. The van der Waals surface area contributed by atoms with Crippen LogP contribution in [0.3, 0.4) is 0 Å². The molecule has 0 fully saturated rings. The number of hydrogen-bond acceptors (Lipinski definition) is 7. The molecule has 0 aromatic carbocycles. The van der Waals surface area contributed by atoms with Crippen molar-refractivity contribution in [2.75, 3.05) is 13.2 Å². The molecule has 8 nitrogen and oxygen atoms in total. The number of carbonyl (C=O) groups is 3. The van der Waals surface area contributed by atoms with Gasteiger partial charge in [-0.1, -0.05) is 20.8 Å². The van der Waals surface area contributed by atoms with Crippen molar-refractivity contribution in [2.45, 2.75) is 46.1 Å². The van der Waals surface area contributed by atoms with Crippen molar-refractivity contribution in [3.63, 3.8) is 0 Å². The maximum absolute atomic E-state index is 12.2. The Morgan fingerprint density at radius 1 is 1.24 bits per heavy atom. The summed E-state index contributed by atoms with van der Waals surface area (Å²) in [7, 11) is 0. The van der Waals surface area contributed by atoms with Gasteiger partial charge in [-0.2, -0.15) is 0 Å². The molecule has 0 aliphatic heterocycles. The summed E-state index contributed by atoms with van der Waals surface area (Å²) in [5, 5.41) is 2.10. The van der Waals surface area contributed by atoms with Gasteiger partial charge in [0, 0.05) is 6.20 Å². The summed E-state index contributed by atoms with van der Waals surface area (Å²) in [6, 6.07) is 1.40. The summed E-state index contributed by atoms with van der Waals surface area (Å²) in [5.74, 6) is -1.79. The average Bonchev–Trinajstić information content (AvgIpc) is 2.63. The molecule has 1 rings (SSSR count). The largest absolute Gasteiger partial charge is 0.491 e. The summed E-state index contributed by atoms with van der Waals surface area (Å²) in [4.78, 5) is 39.6. The molecule has 3 N–H and O–H groups in total. The zero-order valence-corrected chi connectivity index (χ0v) is 14.8. The van der Waals surface area contributed by atoms with Crippen LogP contribution in [0.15, 0.2) is 12.3 Å². The van der Waals surface area contributed by atoms with Crippen molar-refractivity contribution in [3.05, 3.63) is 23.5 Å². The molecule has 138 valence electrons. The predicted octanol–water partition coefficient (Wildman–Crippen LogP) is 1.43. The van der Waals surface area contributed by atoms with Crippen LogP contribution < -0.4 is 15.8 Å². The second-order valence-corrected chi connectivity index (χ2v) is 5.34. The number of ether oxygens (including phenoxy) is 2. The van der Waals surface area contributed by atoms with Gasteiger partial charge in [-0.15, -0.1) is 0 Å². The van der Waals surface area contributed by atoms with E-state index < -0.39 is 17.8 Å². The van der Waals surface area contributed by atoms with E-state index in [0.29, 0.717) is 25.9 Å². The highest BCUT2D eigenvalue weighted by Crippen LogP contribution is 2.20. The third-order valence-electron chi connectivity index (χ3n) is 3.39. The molecule has 25 heavy (non-hydrogen) atoms. The topological polar surface area (TPSA) is 121 Å². The number of hydrogen-bond donors (Lipinski definition) is 2. The van der Waals surface area contributed by atoms with Gasteiger partial charge in [0.1, 0.15) is 6.10 Å². The molecule has 0 unspecified atom stereocenters. The number of esters is 1. The monoisotopic (exact) mass is 351 g/mol. The van der Waals surface area contributed by atoms with E-state index in [1.165, 1.54) is 12.3 Å². The lowest BCUT2D eigenvalue weighted by Crippen LogP contribution is -2.36. The normalized spacial score (nSPS) is 10.4. The summed E-state index contributed by atoms with van der Waals surface area (Å²) in [6.45, 7) is 5.76. The average molecular weight is 351 g/mol. The Labute approximate surface area is 147 Å². The molecule has 0 spiro atoms. The van der Waals surface area contributed by atoms with Crippen LogP contribution in [-0.2, 0) is 9.53 Å². The van der Waals surface area contributed by atoms with E-state index in [4.69, 9.17) is 15.2 Å². The fraction of sp³-hybridized carbons (Fsp3) is 0.529. The fourth-order valence-electron chi connectivity index (χ4n) is 1.96. The number of carbonyl (C=O) groups excluding carboxylic acids is 3. The molecule has 0 radical (unpaired) electrons. The molecular formula is C17H25N3O5. The Morgan fingerprint density at radius 2 is 1.92 bits per heavy atom. The maximum atomic E-state index is 12.2. The minimum absolute atomic E-state index is 0.0886. The number of imide groups is 1. The highest BCUT2D eigenvalue weighted by molar-refractivity contribution is 6.06. The molecule has 0 atom stereocenters.